The third kappa shape index (κ3) is 2.79. The van der Waals surface area contributed by atoms with Gasteiger partial charge < -0.3 is 0 Å². The Hall–Kier alpha value is -0.0200. The standard InChI is InChI=1S/C9H10BrFS/c1-2-5-12-7-3-4-8(10)9(11)6-7/h3-4,6H,2,5H2,1H3. The van der Waals surface area contributed by atoms with Crippen LogP contribution in [0.15, 0.2) is 27.6 Å². The molecule has 66 valence electrons. The molecule has 0 nitrogen and oxygen atoms in total. The first-order chi connectivity index (χ1) is 5.74. The largest absolute Gasteiger partial charge is 0.206 e. The van der Waals surface area contributed by atoms with Crippen LogP contribution in [-0.2, 0) is 0 Å². The minimum Gasteiger partial charge on any atom is -0.206 e. The average Bonchev–Trinajstić information content (AvgIpc) is 2.07. The molecule has 0 fully saturated rings. The van der Waals surface area contributed by atoms with Crippen LogP contribution in [-0.4, -0.2) is 5.75 Å². The Labute approximate surface area is 84.7 Å². The SMILES string of the molecule is CCCSc1ccc(Br)c(F)c1. The number of benzene rings is 1. The highest BCUT2D eigenvalue weighted by Gasteiger charge is 1.99. The Kier molecular flexibility index (Phi) is 4.09. The van der Waals surface area contributed by atoms with Crippen molar-refractivity contribution in [3.63, 3.8) is 0 Å². The van der Waals surface area contributed by atoms with Crippen molar-refractivity contribution in [1.82, 2.24) is 0 Å². The fourth-order valence-electron chi connectivity index (χ4n) is 0.787. The molecule has 12 heavy (non-hydrogen) atoms. The van der Waals surface area contributed by atoms with Crippen LogP contribution in [0.2, 0.25) is 0 Å². The maximum Gasteiger partial charge on any atom is 0.138 e. The smallest absolute Gasteiger partial charge is 0.138 e. The molecule has 3 heteroatoms. The number of halogens is 2. The van der Waals surface area contributed by atoms with Crippen LogP contribution in [0.3, 0.4) is 0 Å². The molecule has 0 aliphatic heterocycles. The summed E-state index contributed by atoms with van der Waals surface area (Å²) in [7, 11) is 0. The summed E-state index contributed by atoms with van der Waals surface area (Å²) in [6, 6.07) is 5.23. The number of rotatable bonds is 3. The van der Waals surface area contributed by atoms with Gasteiger partial charge in [-0.2, -0.15) is 0 Å². The van der Waals surface area contributed by atoms with Crippen LogP contribution in [0.4, 0.5) is 4.39 Å². The molecule has 1 aromatic rings. The maximum absolute atomic E-state index is 12.9. The summed E-state index contributed by atoms with van der Waals surface area (Å²) in [6.45, 7) is 2.11. The fraction of sp³-hybridized carbons (Fsp3) is 0.333. The highest BCUT2D eigenvalue weighted by atomic mass is 79.9. The van der Waals surface area contributed by atoms with Crippen molar-refractivity contribution in [3.8, 4) is 0 Å². The van der Waals surface area contributed by atoms with Crippen LogP contribution in [0.1, 0.15) is 13.3 Å². The Bertz CT molecular complexity index is 263. The topological polar surface area (TPSA) is 0 Å². The lowest BCUT2D eigenvalue weighted by molar-refractivity contribution is 0.617. The molecule has 1 rings (SSSR count). The van der Waals surface area contributed by atoms with E-state index < -0.39 is 0 Å². The van der Waals surface area contributed by atoms with Crippen molar-refractivity contribution in [2.45, 2.75) is 18.2 Å². The second kappa shape index (κ2) is 4.87. The van der Waals surface area contributed by atoms with E-state index in [2.05, 4.69) is 22.9 Å². The van der Waals surface area contributed by atoms with Crippen LogP contribution < -0.4 is 0 Å². The van der Waals surface area contributed by atoms with Gasteiger partial charge in [-0.25, -0.2) is 4.39 Å². The summed E-state index contributed by atoms with van der Waals surface area (Å²) in [5.41, 5.74) is 0. The van der Waals surface area contributed by atoms with E-state index in [1.807, 2.05) is 6.07 Å². The van der Waals surface area contributed by atoms with E-state index in [0.29, 0.717) is 4.47 Å². The first-order valence-corrected chi connectivity index (χ1v) is 5.59. The lowest BCUT2D eigenvalue weighted by atomic mass is 10.3. The Balaban J connectivity index is 2.69. The van der Waals surface area contributed by atoms with Crippen molar-refractivity contribution >= 4 is 27.7 Å². The molecule has 0 bridgehead atoms. The highest BCUT2D eigenvalue weighted by Crippen LogP contribution is 2.23. The zero-order valence-electron chi connectivity index (χ0n) is 6.81. The molecule has 0 aliphatic carbocycles. The highest BCUT2D eigenvalue weighted by molar-refractivity contribution is 9.10. The molecule has 0 aromatic heterocycles. The molecule has 0 N–H and O–H groups in total. The summed E-state index contributed by atoms with van der Waals surface area (Å²) in [5, 5.41) is 0. The van der Waals surface area contributed by atoms with Gasteiger partial charge in [0.1, 0.15) is 5.82 Å². The van der Waals surface area contributed by atoms with Gasteiger partial charge in [-0.1, -0.05) is 6.92 Å². The second-order valence-electron chi connectivity index (χ2n) is 2.42. The van der Waals surface area contributed by atoms with E-state index in [-0.39, 0.29) is 5.82 Å². The molecule has 0 amide bonds. The molecule has 0 aliphatic rings. The van der Waals surface area contributed by atoms with E-state index in [4.69, 9.17) is 0 Å². The summed E-state index contributed by atoms with van der Waals surface area (Å²) in [6.07, 6.45) is 1.11. The van der Waals surface area contributed by atoms with Crippen molar-refractivity contribution in [2.75, 3.05) is 5.75 Å². The molecule has 0 spiro atoms. The summed E-state index contributed by atoms with van der Waals surface area (Å²) in [5.74, 6) is 0.859. The van der Waals surface area contributed by atoms with Gasteiger partial charge in [0.15, 0.2) is 0 Å². The lowest BCUT2D eigenvalue weighted by Crippen LogP contribution is -1.80. The summed E-state index contributed by atoms with van der Waals surface area (Å²) < 4.78 is 13.5. The molecule has 0 saturated heterocycles. The van der Waals surface area contributed by atoms with Crippen LogP contribution in [0.25, 0.3) is 0 Å². The van der Waals surface area contributed by atoms with E-state index in [9.17, 15) is 4.39 Å². The van der Waals surface area contributed by atoms with Crippen molar-refractivity contribution in [3.05, 3.63) is 28.5 Å². The van der Waals surface area contributed by atoms with Crippen molar-refractivity contribution < 1.29 is 4.39 Å². The van der Waals surface area contributed by atoms with Gasteiger partial charge in [-0.15, -0.1) is 11.8 Å². The summed E-state index contributed by atoms with van der Waals surface area (Å²) in [4.78, 5) is 0.998. The summed E-state index contributed by atoms with van der Waals surface area (Å²) >= 11 is 4.80. The monoisotopic (exact) mass is 248 g/mol. The Morgan fingerprint density at radius 3 is 2.83 bits per heavy atom. The van der Waals surface area contributed by atoms with E-state index in [0.717, 1.165) is 17.1 Å². The lowest BCUT2D eigenvalue weighted by Gasteiger charge is -2.00. The normalized spacial score (nSPS) is 10.2. The zero-order valence-corrected chi connectivity index (χ0v) is 9.21. The third-order valence-corrected chi connectivity index (χ3v) is 3.21. The third-order valence-electron chi connectivity index (χ3n) is 1.36. The van der Waals surface area contributed by atoms with E-state index in [1.165, 1.54) is 0 Å². The zero-order chi connectivity index (χ0) is 8.97. The molecule has 0 heterocycles. The molecule has 1 aromatic carbocycles. The average molecular weight is 249 g/mol. The van der Waals surface area contributed by atoms with Gasteiger partial charge in [0.25, 0.3) is 0 Å². The predicted molar refractivity (Wildman–Crippen MR) is 55.1 cm³/mol. The second-order valence-corrected chi connectivity index (χ2v) is 4.45. The number of hydrogen-bond acceptors (Lipinski definition) is 1. The van der Waals surface area contributed by atoms with Gasteiger partial charge in [-0.05, 0) is 46.3 Å². The quantitative estimate of drug-likeness (QED) is 0.727. The van der Waals surface area contributed by atoms with Gasteiger partial charge in [0.2, 0.25) is 0 Å². The Morgan fingerprint density at radius 1 is 1.50 bits per heavy atom. The number of thioether (sulfide) groups is 1. The van der Waals surface area contributed by atoms with E-state index >= 15 is 0 Å². The maximum atomic E-state index is 12.9. The van der Waals surface area contributed by atoms with Crippen molar-refractivity contribution in [2.24, 2.45) is 0 Å². The molecule has 0 radical (unpaired) electrons. The van der Waals surface area contributed by atoms with Gasteiger partial charge in [0.05, 0.1) is 4.47 Å². The first-order valence-electron chi connectivity index (χ1n) is 3.82. The van der Waals surface area contributed by atoms with Crippen LogP contribution in [0.5, 0.6) is 0 Å². The van der Waals surface area contributed by atoms with Gasteiger partial charge >= 0.3 is 0 Å². The minimum absolute atomic E-state index is 0.184. The minimum atomic E-state index is -0.184. The van der Waals surface area contributed by atoms with E-state index in [1.54, 1.807) is 23.9 Å². The fourth-order valence-corrected chi connectivity index (χ4v) is 1.82. The first kappa shape index (κ1) is 10.1. The van der Waals surface area contributed by atoms with Crippen LogP contribution >= 0.6 is 27.7 Å². The molecule has 0 saturated carbocycles. The van der Waals surface area contributed by atoms with Crippen LogP contribution in [0, 0.1) is 5.82 Å². The predicted octanol–water partition coefficient (Wildman–Crippen LogP) is 4.09. The van der Waals surface area contributed by atoms with Gasteiger partial charge in [-0.3, -0.25) is 0 Å². The number of hydrogen-bond donors (Lipinski definition) is 0. The van der Waals surface area contributed by atoms with Crippen molar-refractivity contribution in [1.29, 1.82) is 0 Å². The Morgan fingerprint density at radius 2 is 2.25 bits per heavy atom. The molecular weight excluding hydrogens is 239 g/mol. The molecule has 0 atom stereocenters. The molecule has 0 unspecified atom stereocenters. The molecular formula is C9H10BrFS. The van der Waals surface area contributed by atoms with Gasteiger partial charge in [0, 0.05) is 4.90 Å².